The van der Waals surface area contributed by atoms with E-state index >= 15 is 0 Å². The highest BCUT2D eigenvalue weighted by molar-refractivity contribution is 7.80. The Morgan fingerprint density at radius 2 is 1.14 bits per heavy atom. The van der Waals surface area contributed by atoms with E-state index in [1.165, 1.54) is 0 Å². The van der Waals surface area contributed by atoms with Crippen molar-refractivity contribution >= 4 is 17.3 Å². The van der Waals surface area contributed by atoms with Crippen molar-refractivity contribution in [2.24, 2.45) is 5.84 Å². The minimum Gasteiger partial charge on any atom is -0.344 e. The van der Waals surface area contributed by atoms with E-state index in [-0.39, 0.29) is 0 Å². The van der Waals surface area contributed by atoms with Gasteiger partial charge in [0, 0.05) is 13.1 Å². The normalized spacial score (nSPS) is 11.3. The van der Waals surface area contributed by atoms with Gasteiger partial charge in [-0.3, -0.25) is 5.01 Å². The molecule has 0 atom stereocenters. The molecule has 0 saturated heterocycles. The molecular weight excluding hydrogens is 376 g/mol. The minimum atomic E-state index is -0.656. The molecule has 3 aromatic carbocycles. The number of rotatable bonds is 7. The molecule has 3 aromatic rings. The fraction of sp³-hybridized carbons (Fsp3) is 0.208. The van der Waals surface area contributed by atoms with Crippen LogP contribution in [0.25, 0.3) is 0 Å². The quantitative estimate of drug-likeness (QED) is 0.273. The molecule has 0 aliphatic heterocycles. The number of hydrogen-bond acceptors (Lipinski definition) is 3. The van der Waals surface area contributed by atoms with Gasteiger partial charge in [0.2, 0.25) is 0 Å². The van der Waals surface area contributed by atoms with Gasteiger partial charge in [-0.2, -0.15) is 0 Å². The zero-order valence-corrected chi connectivity index (χ0v) is 17.8. The van der Waals surface area contributed by atoms with Crippen molar-refractivity contribution in [1.82, 2.24) is 15.2 Å². The Kier molecular flexibility index (Phi) is 6.99. The van der Waals surface area contributed by atoms with Crippen molar-refractivity contribution in [2.45, 2.75) is 5.54 Å². The summed E-state index contributed by atoms with van der Waals surface area (Å²) >= 11 is 5.75. The molecule has 0 aromatic heterocycles. The van der Waals surface area contributed by atoms with E-state index in [4.69, 9.17) is 18.1 Å². The van der Waals surface area contributed by atoms with Gasteiger partial charge in [-0.1, -0.05) is 91.0 Å². The minimum absolute atomic E-state index is 0.503. The predicted molar refractivity (Wildman–Crippen MR) is 124 cm³/mol. The smallest absolute Gasteiger partial charge is 0.184 e. The van der Waals surface area contributed by atoms with Gasteiger partial charge in [-0.15, -0.1) is 0 Å². The summed E-state index contributed by atoms with van der Waals surface area (Å²) in [4.78, 5) is 2.08. The number of likely N-dealkylation sites (N-methyl/N-ethyl adjacent to an activating group) is 1. The van der Waals surface area contributed by atoms with Gasteiger partial charge >= 0.3 is 0 Å². The maximum absolute atomic E-state index is 6.31. The zero-order valence-electron chi connectivity index (χ0n) is 17.0. The standard InChI is InChI=1S/C24H28N4S/c1-27(2)18-19-28(25)23(29)26-24(20-12-6-3-7-13-20,21-14-8-4-9-15-21)22-16-10-5-11-17-22/h3-17H,18-19,25H2,1-2H3,(H,26,29). The predicted octanol–water partition coefficient (Wildman–Crippen LogP) is 3.59. The SMILES string of the molecule is CN(C)CCN(N)C(=S)NC(c1ccccc1)(c1ccccc1)c1ccccc1. The van der Waals surface area contributed by atoms with E-state index in [0.29, 0.717) is 11.7 Å². The first kappa shape index (κ1) is 21.0. The van der Waals surface area contributed by atoms with Gasteiger partial charge in [-0.05, 0) is 43.0 Å². The Morgan fingerprint density at radius 1 is 0.759 bits per heavy atom. The molecule has 3 N–H and O–H groups in total. The highest BCUT2D eigenvalue weighted by Gasteiger charge is 2.37. The molecule has 0 aliphatic carbocycles. The fourth-order valence-corrected chi connectivity index (χ4v) is 3.67. The van der Waals surface area contributed by atoms with E-state index in [2.05, 4.69) is 46.6 Å². The Morgan fingerprint density at radius 3 is 1.48 bits per heavy atom. The summed E-state index contributed by atoms with van der Waals surface area (Å²) in [6.45, 7) is 1.45. The number of benzene rings is 3. The van der Waals surface area contributed by atoms with Crippen molar-refractivity contribution in [3.05, 3.63) is 108 Å². The lowest BCUT2D eigenvalue weighted by atomic mass is 9.77. The summed E-state index contributed by atoms with van der Waals surface area (Å²) in [6, 6.07) is 31.1. The third-order valence-electron chi connectivity index (χ3n) is 4.96. The van der Waals surface area contributed by atoms with Crippen LogP contribution in [0.15, 0.2) is 91.0 Å². The number of thiocarbonyl (C=S) groups is 1. The molecule has 3 rings (SSSR count). The van der Waals surface area contributed by atoms with Crippen LogP contribution in [-0.2, 0) is 5.54 Å². The Labute approximate surface area is 178 Å². The lowest BCUT2D eigenvalue weighted by Gasteiger charge is -2.39. The third kappa shape index (κ3) is 4.82. The topological polar surface area (TPSA) is 44.5 Å². The van der Waals surface area contributed by atoms with Crippen LogP contribution in [-0.4, -0.2) is 42.2 Å². The van der Waals surface area contributed by atoms with Crippen molar-refractivity contribution in [2.75, 3.05) is 27.2 Å². The van der Waals surface area contributed by atoms with Gasteiger partial charge < -0.3 is 10.2 Å². The largest absolute Gasteiger partial charge is 0.344 e. The molecule has 5 heteroatoms. The second kappa shape index (κ2) is 9.65. The van der Waals surface area contributed by atoms with Gasteiger partial charge in [0.1, 0.15) is 5.54 Å². The Bertz CT molecular complexity index is 801. The van der Waals surface area contributed by atoms with E-state index in [9.17, 15) is 0 Å². The first-order valence-electron chi connectivity index (χ1n) is 9.69. The van der Waals surface area contributed by atoms with E-state index in [0.717, 1.165) is 23.2 Å². The van der Waals surface area contributed by atoms with Crippen LogP contribution in [0, 0.1) is 0 Å². The third-order valence-corrected chi connectivity index (χ3v) is 5.30. The van der Waals surface area contributed by atoms with Crippen molar-refractivity contribution in [3.63, 3.8) is 0 Å². The first-order valence-corrected chi connectivity index (χ1v) is 10.1. The zero-order chi connectivity index (χ0) is 20.7. The molecule has 0 radical (unpaired) electrons. The molecule has 0 fully saturated rings. The van der Waals surface area contributed by atoms with Gasteiger partial charge in [0.25, 0.3) is 0 Å². The van der Waals surface area contributed by atoms with Gasteiger partial charge in [0.15, 0.2) is 5.11 Å². The molecule has 0 heterocycles. The molecule has 0 amide bonds. The fourth-order valence-electron chi connectivity index (χ4n) is 3.42. The molecule has 0 spiro atoms. The highest BCUT2D eigenvalue weighted by Crippen LogP contribution is 2.36. The maximum atomic E-state index is 6.31. The van der Waals surface area contributed by atoms with Crippen LogP contribution in [0.3, 0.4) is 0 Å². The first-order chi connectivity index (χ1) is 14.0. The number of nitrogens with zero attached hydrogens (tertiary/aromatic N) is 2. The maximum Gasteiger partial charge on any atom is 0.184 e. The van der Waals surface area contributed by atoms with Crippen molar-refractivity contribution in [1.29, 1.82) is 0 Å². The van der Waals surface area contributed by atoms with Crippen molar-refractivity contribution in [3.8, 4) is 0 Å². The summed E-state index contributed by atoms with van der Waals surface area (Å²) in [5, 5.41) is 5.73. The van der Waals surface area contributed by atoms with Crippen LogP contribution in [0.1, 0.15) is 16.7 Å². The molecular formula is C24H28N4S. The van der Waals surface area contributed by atoms with Crippen molar-refractivity contribution < 1.29 is 0 Å². The molecule has 0 bridgehead atoms. The lowest BCUT2D eigenvalue weighted by molar-refractivity contribution is 0.328. The lowest BCUT2D eigenvalue weighted by Crippen LogP contribution is -2.55. The van der Waals surface area contributed by atoms with Crippen LogP contribution in [0.2, 0.25) is 0 Å². The number of hydrazine groups is 1. The highest BCUT2D eigenvalue weighted by atomic mass is 32.1. The molecule has 29 heavy (non-hydrogen) atoms. The number of nitrogens with two attached hydrogens (primary N) is 1. The summed E-state index contributed by atoms with van der Waals surface area (Å²) in [7, 11) is 4.04. The second-order valence-corrected chi connectivity index (χ2v) is 7.66. The van der Waals surface area contributed by atoms with Crippen LogP contribution in [0.5, 0.6) is 0 Å². The molecule has 0 saturated carbocycles. The summed E-state index contributed by atoms with van der Waals surface area (Å²) in [6.07, 6.45) is 0. The molecule has 150 valence electrons. The molecule has 4 nitrogen and oxygen atoms in total. The number of hydrogen-bond donors (Lipinski definition) is 2. The van der Waals surface area contributed by atoms with E-state index < -0.39 is 5.54 Å². The average molecular weight is 405 g/mol. The average Bonchev–Trinajstić information content (AvgIpc) is 2.77. The van der Waals surface area contributed by atoms with Crippen LogP contribution >= 0.6 is 12.2 Å². The van der Waals surface area contributed by atoms with E-state index in [1.807, 2.05) is 68.7 Å². The summed E-state index contributed by atoms with van der Waals surface area (Å²) < 4.78 is 0. The van der Waals surface area contributed by atoms with Crippen LogP contribution < -0.4 is 11.2 Å². The monoisotopic (exact) mass is 404 g/mol. The number of nitrogens with one attached hydrogen (secondary N) is 1. The Balaban J connectivity index is 2.11. The molecule has 0 aliphatic rings. The molecule has 0 unspecified atom stereocenters. The Hall–Kier alpha value is -2.73. The summed E-state index contributed by atoms with van der Waals surface area (Å²) in [5.74, 6) is 6.31. The van der Waals surface area contributed by atoms with Gasteiger partial charge in [0.05, 0.1) is 0 Å². The van der Waals surface area contributed by atoms with E-state index in [1.54, 1.807) is 5.01 Å². The second-order valence-electron chi connectivity index (χ2n) is 7.27. The van der Waals surface area contributed by atoms with Gasteiger partial charge in [-0.25, -0.2) is 5.84 Å². The van der Waals surface area contributed by atoms with Crippen LogP contribution in [0.4, 0.5) is 0 Å². The summed E-state index contributed by atoms with van der Waals surface area (Å²) in [5.41, 5.74) is 2.64.